The molecule has 27 heavy (non-hydrogen) atoms. The van der Waals surface area contributed by atoms with Crippen LogP contribution >= 0.6 is 15.9 Å². The van der Waals surface area contributed by atoms with E-state index in [-0.39, 0.29) is 54.0 Å². The molecule has 0 spiro atoms. The van der Waals surface area contributed by atoms with E-state index in [2.05, 4.69) is 15.9 Å². The topological polar surface area (TPSA) is 98.2 Å². The van der Waals surface area contributed by atoms with E-state index in [9.17, 15) is 23.4 Å². The number of hydrogen-bond donors (Lipinski definition) is 2. The van der Waals surface area contributed by atoms with E-state index in [0.29, 0.717) is 4.47 Å². The summed E-state index contributed by atoms with van der Waals surface area (Å²) in [5, 5.41) is 19.9. The van der Waals surface area contributed by atoms with Crippen molar-refractivity contribution in [1.82, 2.24) is 9.21 Å². The molecular weight excluding hydrogens is 436 g/mol. The summed E-state index contributed by atoms with van der Waals surface area (Å²) in [5.74, 6) is -0.773. The van der Waals surface area contributed by atoms with Crippen LogP contribution in [0.5, 0.6) is 11.5 Å². The predicted molar refractivity (Wildman–Crippen MR) is 103 cm³/mol. The van der Waals surface area contributed by atoms with E-state index in [1.165, 1.54) is 33.5 Å². The summed E-state index contributed by atoms with van der Waals surface area (Å²) in [6.07, 6.45) is 0. The van der Waals surface area contributed by atoms with Crippen molar-refractivity contribution in [3.05, 3.63) is 52.0 Å². The molecule has 2 N–H and O–H groups in total. The molecule has 0 radical (unpaired) electrons. The molecule has 1 saturated heterocycles. The van der Waals surface area contributed by atoms with Crippen LogP contribution in [-0.2, 0) is 10.0 Å². The van der Waals surface area contributed by atoms with Crippen LogP contribution in [0.4, 0.5) is 0 Å². The smallest absolute Gasteiger partial charge is 0.257 e. The van der Waals surface area contributed by atoms with Crippen LogP contribution in [0, 0.1) is 6.92 Å². The maximum absolute atomic E-state index is 12.8. The average molecular weight is 455 g/mol. The molecule has 2 aromatic carbocycles. The zero-order valence-electron chi connectivity index (χ0n) is 14.6. The van der Waals surface area contributed by atoms with Gasteiger partial charge in [0.2, 0.25) is 10.0 Å². The number of piperazine rings is 1. The Morgan fingerprint density at radius 2 is 1.63 bits per heavy atom. The Bertz CT molecular complexity index is 985. The van der Waals surface area contributed by atoms with Crippen LogP contribution in [0.15, 0.2) is 45.8 Å². The monoisotopic (exact) mass is 454 g/mol. The van der Waals surface area contributed by atoms with E-state index in [1.54, 1.807) is 19.1 Å². The molecular formula is C18H19BrN2O5S. The van der Waals surface area contributed by atoms with Gasteiger partial charge in [0.05, 0.1) is 5.56 Å². The first-order valence-electron chi connectivity index (χ1n) is 8.27. The lowest BCUT2D eigenvalue weighted by atomic mass is 10.1. The van der Waals surface area contributed by atoms with Crippen molar-refractivity contribution in [2.24, 2.45) is 0 Å². The highest BCUT2D eigenvalue weighted by Gasteiger charge is 2.32. The zero-order valence-corrected chi connectivity index (χ0v) is 17.0. The normalized spacial score (nSPS) is 15.7. The number of carbonyl (C=O) groups excluding carboxylic acids is 1. The highest BCUT2D eigenvalue weighted by Crippen LogP contribution is 2.28. The lowest BCUT2D eigenvalue weighted by Crippen LogP contribution is -2.50. The molecule has 1 aliphatic heterocycles. The molecule has 1 fully saturated rings. The molecule has 3 rings (SSSR count). The van der Waals surface area contributed by atoms with Crippen molar-refractivity contribution >= 4 is 31.9 Å². The van der Waals surface area contributed by atoms with E-state index in [1.807, 2.05) is 0 Å². The largest absolute Gasteiger partial charge is 0.507 e. The van der Waals surface area contributed by atoms with Crippen LogP contribution in [-0.4, -0.2) is 59.9 Å². The fraction of sp³-hybridized carbons (Fsp3) is 0.278. The summed E-state index contributed by atoms with van der Waals surface area (Å²) in [7, 11) is -3.86. The van der Waals surface area contributed by atoms with Crippen molar-refractivity contribution in [3.63, 3.8) is 0 Å². The van der Waals surface area contributed by atoms with E-state index < -0.39 is 10.0 Å². The predicted octanol–water partition coefficient (Wildman–Crippen LogP) is 2.32. The lowest BCUT2D eigenvalue weighted by molar-refractivity contribution is 0.0694. The van der Waals surface area contributed by atoms with Gasteiger partial charge in [0.15, 0.2) is 0 Å². The van der Waals surface area contributed by atoms with Crippen LogP contribution in [0.3, 0.4) is 0 Å². The molecule has 144 valence electrons. The zero-order chi connectivity index (χ0) is 19.8. The Labute approximate surface area is 166 Å². The Morgan fingerprint density at radius 3 is 2.30 bits per heavy atom. The number of amides is 1. The molecule has 0 aliphatic carbocycles. The van der Waals surface area contributed by atoms with Gasteiger partial charge in [-0.2, -0.15) is 4.31 Å². The van der Waals surface area contributed by atoms with Crippen molar-refractivity contribution in [1.29, 1.82) is 0 Å². The number of nitrogens with zero attached hydrogens (tertiary/aromatic N) is 2. The first kappa shape index (κ1) is 19.7. The third-order valence-electron chi connectivity index (χ3n) is 4.45. The minimum Gasteiger partial charge on any atom is -0.507 e. The highest BCUT2D eigenvalue weighted by atomic mass is 79.9. The SMILES string of the molecule is Cc1ccc(O)c(S(=O)(=O)N2CCN(C(=O)c3cc(Br)ccc3O)CC2)c1. The molecule has 1 heterocycles. The number of halogens is 1. The fourth-order valence-corrected chi connectivity index (χ4v) is 4.90. The second-order valence-corrected chi connectivity index (χ2v) is 9.15. The number of rotatable bonds is 3. The Morgan fingerprint density at radius 1 is 1.00 bits per heavy atom. The van der Waals surface area contributed by atoms with Gasteiger partial charge in [-0.1, -0.05) is 22.0 Å². The van der Waals surface area contributed by atoms with Gasteiger partial charge in [-0.05, 0) is 42.8 Å². The second kappa shape index (κ2) is 7.49. The fourth-order valence-electron chi connectivity index (χ4n) is 2.95. The number of hydrogen-bond acceptors (Lipinski definition) is 5. The lowest BCUT2D eigenvalue weighted by Gasteiger charge is -2.34. The van der Waals surface area contributed by atoms with Gasteiger partial charge in [0.1, 0.15) is 16.4 Å². The minimum absolute atomic E-state index is 0.107. The van der Waals surface area contributed by atoms with E-state index in [4.69, 9.17) is 0 Å². The van der Waals surface area contributed by atoms with Crippen LogP contribution in [0.1, 0.15) is 15.9 Å². The molecule has 9 heteroatoms. The number of phenolic OH excluding ortho intramolecular Hbond substituents is 2. The molecule has 0 unspecified atom stereocenters. The molecule has 0 aromatic heterocycles. The van der Waals surface area contributed by atoms with Gasteiger partial charge in [-0.15, -0.1) is 0 Å². The molecule has 0 saturated carbocycles. The van der Waals surface area contributed by atoms with Gasteiger partial charge in [0, 0.05) is 30.7 Å². The van der Waals surface area contributed by atoms with Gasteiger partial charge in [-0.3, -0.25) is 4.79 Å². The number of benzene rings is 2. The van der Waals surface area contributed by atoms with Crippen molar-refractivity contribution < 1.29 is 23.4 Å². The van der Waals surface area contributed by atoms with E-state index in [0.717, 1.165) is 5.56 Å². The standard InChI is InChI=1S/C18H19BrN2O5S/c1-12-2-4-16(23)17(10-12)27(25,26)21-8-6-20(7-9-21)18(24)14-11-13(19)3-5-15(14)22/h2-5,10-11,22-23H,6-9H2,1H3. The third-order valence-corrected chi connectivity index (χ3v) is 6.87. The summed E-state index contributed by atoms with van der Waals surface area (Å²) in [6.45, 7) is 2.35. The summed E-state index contributed by atoms with van der Waals surface area (Å²) in [6, 6.07) is 9.02. The molecule has 2 aromatic rings. The minimum atomic E-state index is -3.86. The Kier molecular flexibility index (Phi) is 5.45. The van der Waals surface area contributed by atoms with Crippen molar-refractivity contribution in [2.75, 3.05) is 26.2 Å². The van der Waals surface area contributed by atoms with E-state index >= 15 is 0 Å². The second-order valence-electron chi connectivity index (χ2n) is 6.33. The van der Waals surface area contributed by atoms with Crippen LogP contribution in [0.25, 0.3) is 0 Å². The molecule has 1 amide bonds. The number of aryl methyl sites for hydroxylation is 1. The van der Waals surface area contributed by atoms with Gasteiger partial charge >= 0.3 is 0 Å². The number of phenols is 2. The summed E-state index contributed by atoms with van der Waals surface area (Å²) >= 11 is 3.27. The van der Waals surface area contributed by atoms with Crippen LogP contribution in [0.2, 0.25) is 0 Å². The Balaban J connectivity index is 1.76. The van der Waals surface area contributed by atoms with Gasteiger partial charge < -0.3 is 15.1 Å². The van der Waals surface area contributed by atoms with Gasteiger partial charge in [0.25, 0.3) is 5.91 Å². The highest BCUT2D eigenvalue weighted by molar-refractivity contribution is 9.10. The summed E-state index contributed by atoms with van der Waals surface area (Å²) in [4.78, 5) is 14.0. The van der Waals surface area contributed by atoms with Gasteiger partial charge in [-0.25, -0.2) is 8.42 Å². The number of carbonyl (C=O) groups is 1. The Hall–Kier alpha value is -2.10. The quantitative estimate of drug-likeness (QED) is 0.741. The first-order chi connectivity index (χ1) is 12.7. The van der Waals surface area contributed by atoms with Crippen molar-refractivity contribution in [3.8, 4) is 11.5 Å². The maximum Gasteiger partial charge on any atom is 0.257 e. The average Bonchev–Trinajstić information content (AvgIpc) is 2.65. The van der Waals surface area contributed by atoms with Crippen LogP contribution < -0.4 is 0 Å². The number of aromatic hydroxyl groups is 2. The summed E-state index contributed by atoms with van der Waals surface area (Å²) in [5.41, 5.74) is 0.891. The summed E-state index contributed by atoms with van der Waals surface area (Å²) < 4.78 is 27.6. The molecule has 7 nitrogen and oxygen atoms in total. The molecule has 1 aliphatic rings. The molecule has 0 bridgehead atoms. The maximum atomic E-state index is 12.8. The number of sulfonamides is 1. The first-order valence-corrected chi connectivity index (χ1v) is 10.5. The molecule has 0 atom stereocenters. The van der Waals surface area contributed by atoms with Crippen molar-refractivity contribution in [2.45, 2.75) is 11.8 Å². The third kappa shape index (κ3) is 3.95.